The second-order valence-electron chi connectivity index (χ2n) is 8.25. The number of nitrogens with zero attached hydrogens (tertiary/aromatic N) is 2. The Balaban J connectivity index is 1.55. The number of aromatic nitrogens is 2. The highest BCUT2D eigenvalue weighted by Gasteiger charge is 2.27. The molecule has 7 heteroatoms. The molecule has 2 aromatic heterocycles. The first kappa shape index (κ1) is 22.4. The van der Waals surface area contributed by atoms with Crippen molar-refractivity contribution in [1.29, 1.82) is 0 Å². The SMILES string of the molecule is C/C(Cl)=C/CSc1nc2sc3c(c2c(=O)n1-c1ccccc1)CC[NH+](Cc1ccccc1)C3. The summed E-state index contributed by atoms with van der Waals surface area (Å²) >= 11 is 9.25. The van der Waals surface area contributed by atoms with Gasteiger partial charge < -0.3 is 4.90 Å². The van der Waals surface area contributed by atoms with Crippen LogP contribution in [0.5, 0.6) is 0 Å². The number of para-hydroxylation sites is 1. The number of quaternary nitrogens is 1. The monoisotopic (exact) mass is 494 g/mol. The summed E-state index contributed by atoms with van der Waals surface area (Å²) in [5.74, 6) is 0.667. The van der Waals surface area contributed by atoms with E-state index in [0.29, 0.717) is 10.9 Å². The second-order valence-corrected chi connectivity index (χ2v) is 10.9. The average molecular weight is 495 g/mol. The molecule has 33 heavy (non-hydrogen) atoms. The third kappa shape index (κ3) is 4.80. The molecule has 1 aliphatic rings. The van der Waals surface area contributed by atoms with Crippen molar-refractivity contribution in [2.24, 2.45) is 0 Å². The molecule has 0 aliphatic carbocycles. The summed E-state index contributed by atoms with van der Waals surface area (Å²) in [4.78, 5) is 22.5. The highest BCUT2D eigenvalue weighted by Crippen LogP contribution is 2.32. The van der Waals surface area contributed by atoms with Gasteiger partial charge in [-0.3, -0.25) is 9.36 Å². The Morgan fingerprint density at radius 3 is 2.64 bits per heavy atom. The van der Waals surface area contributed by atoms with Crippen molar-refractivity contribution < 1.29 is 4.90 Å². The quantitative estimate of drug-likeness (QED) is 0.308. The zero-order valence-corrected chi connectivity index (χ0v) is 20.8. The average Bonchev–Trinajstić information content (AvgIpc) is 3.18. The molecule has 3 heterocycles. The zero-order valence-electron chi connectivity index (χ0n) is 18.4. The number of nitrogens with one attached hydrogen (secondary N) is 1. The fourth-order valence-corrected chi connectivity index (χ4v) is 6.79. The van der Waals surface area contributed by atoms with Gasteiger partial charge in [-0.1, -0.05) is 78.0 Å². The molecule has 1 unspecified atom stereocenters. The minimum atomic E-state index is 0.0317. The highest BCUT2D eigenvalue weighted by molar-refractivity contribution is 7.99. The van der Waals surface area contributed by atoms with Gasteiger partial charge in [0, 0.05) is 22.8 Å². The first-order valence-electron chi connectivity index (χ1n) is 11.1. The number of rotatable bonds is 6. The van der Waals surface area contributed by atoms with Crippen molar-refractivity contribution in [3.63, 3.8) is 0 Å². The summed E-state index contributed by atoms with van der Waals surface area (Å²) in [6.07, 6.45) is 2.85. The topological polar surface area (TPSA) is 39.3 Å². The molecule has 0 saturated heterocycles. The van der Waals surface area contributed by atoms with Crippen LogP contribution in [-0.2, 0) is 19.5 Å². The molecule has 2 aromatic carbocycles. The second kappa shape index (κ2) is 9.85. The number of thioether (sulfide) groups is 1. The maximum absolute atomic E-state index is 13.8. The fraction of sp³-hybridized carbons (Fsp3) is 0.231. The van der Waals surface area contributed by atoms with E-state index in [2.05, 4.69) is 30.3 Å². The van der Waals surface area contributed by atoms with Gasteiger partial charge in [-0.25, -0.2) is 4.98 Å². The Morgan fingerprint density at radius 1 is 1.18 bits per heavy atom. The summed E-state index contributed by atoms with van der Waals surface area (Å²) in [6, 6.07) is 20.4. The van der Waals surface area contributed by atoms with Gasteiger partial charge in [0.05, 0.1) is 22.5 Å². The smallest absolute Gasteiger partial charge is 0.267 e. The maximum atomic E-state index is 13.8. The summed E-state index contributed by atoms with van der Waals surface area (Å²) < 4.78 is 1.76. The van der Waals surface area contributed by atoms with Crippen molar-refractivity contribution in [1.82, 2.24) is 9.55 Å². The zero-order chi connectivity index (χ0) is 22.8. The van der Waals surface area contributed by atoms with Crippen molar-refractivity contribution >= 4 is 44.9 Å². The molecule has 0 spiro atoms. The lowest BCUT2D eigenvalue weighted by Gasteiger charge is -2.24. The molecule has 0 amide bonds. The van der Waals surface area contributed by atoms with Crippen molar-refractivity contribution in [2.45, 2.75) is 31.6 Å². The molecule has 4 nitrogen and oxygen atoms in total. The van der Waals surface area contributed by atoms with Gasteiger partial charge in [0.15, 0.2) is 5.16 Å². The third-order valence-electron chi connectivity index (χ3n) is 5.91. The van der Waals surface area contributed by atoms with Gasteiger partial charge in [-0.05, 0) is 24.6 Å². The molecule has 168 valence electrons. The van der Waals surface area contributed by atoms with E-state index in [1.165, 1.54) is 32.7 Å². The maximum Gasteiger partial charge on any atom is 0.267 e. The Kier molecular flexibility index (Phi) is 6.69. The van der Waals surface area contributed by atoms with E-state index in [-0.39, 0.29) is 5.56 Å². The van der Waals surface area contributed by atoms with Crippen LogP contribution in [0, 0.1) is 0 Å². The first-order chi connectivity index (χ1) is 16.1. The molecule has 0 fully saturated rings. The van der Waals surface area contributed by atoms with E-state index in [0.717, 1.165) is 47.0 Å². The number of hydrogen-bond acceptors (Lipinski definition) is 4. The van der Waals surface area contributed by atoms with Gasteiger partial charge in [-0.2, -0.15) is 0 Å². The molecule has 1 atom stereocenters. The predicted octanol–water partition coefficient (Wildman–Crippen LogP) is 4.82. The first-order valence-corrected chi connectivity index (χ1v) is 13.2. The number of hydrogen-bond donors (Lipinski definition) is 1. The predicted molar refractivity (Wildman–Crippen MR) is 139 cm³/mol. The van der Waals surface area contributed by atoms with Crippen LogP contribution in [0.2, 0.25) is 0 Å². The van der Waals surface area contributed by atoms with Crippen LogP contribution in [0.25, 0.3) is 15.9 Å². The molecule has 4 aromatic rings. The van der Waals surface area contributed by atoms with Crippen LogP contribution < -0.4 is 10.5 Å². The van der Waals surface area contributed by atoms with E-state index in [9.17, 15) is 4.79 Å². The lowest BCUT2D eigenvalue weighted by atomic mass is 10.0. The van der Waals surface area contributed by atoms with Crippen LogP contribution in [0.1, 0.15) is 22.9 Å². The minimum absolute atomic E-state index is 0.0317. The fourth-order valence-electron chi connectivity index (χ4n) is 4.33. The van der Waals surface area contributed by atoms with E-state index in [4.69, 9.17) is 16.6 Å². The summed E-state index contributed by atoms with van der Waals surface area (Å²) in [6.45, 7) is 4.82. The molecule has 5 rings (SSSR count). The van der Waals surface area contributed by atoms with Crippen LogP contribution in [0.3, 0.4) is 0 Å². The van der Waals surface area contributed by atoms with E-state index in [1.807, 2.05) is 43.3 Å². The Bertz CT molecular complexity index is 1360. The van der Waals surface area contributed by atoms with Crippen molar-refractivity contribution in [2.75, 3.05) is 12.3 Å². The number of benzene rings is 2. The molecule has 1 N–H and O–H groups in total. The molecule has 0 radical (unpaired) electrons. The van der Waals surface area contributed by atoms with Crippen LogP contribution in [0.4, 0.5) is 0 Å². The highest BCUT2D eigenvalue weighted by atomic mass is 35.5. The lowest BCUT2D eigenvalue weighted by molar-refractivity contribution is -0.929. The Hall–Kier alpha value is -2.38. The van der Waals surface area contributed by atoms with Gasteiger partial charge in [0.25, 0.3) is 5.56 Å². The number of thiophene rings is 1. The van der Waals surface area contributed by atoms with E-state index >= 15 is 0 Å². The number of allylic oxidation sites excluding steroid dienone is 1. The Morgan fingerprint density at radius 2 is 1.91 bits per heavy atom. The van der Waals surface area contributed by atoms with Crippen LogP contribution in [0.15, 0.2) is 81.7 Å². The van der Waals surface area contributed by atoms with Gasteiger partial charge in [0.1, 0.15) is 17.9 Å². The summed E-state index contributed by atoms with van der Waals surface area (Å²) in [5.41, 5.74) is 3.42. The number of fused-ring (bicyclic) bond motifs is 3. The van der Waals surface area contributed by atoms with E-state index < -0.39 is 0 Å². The molecule has 0 bridgehead atoms. The summed E-state index contributed by atoms with van der Waals surface area (Å²) in [7, 11) is 0. The van der Waals surface area contributed by atoms with Crippen LogP contribution >= 0.6 is 34.7 Å². The summed E-state index contributed by atoms with van der Waals surface area (Å²) in [5, 5.41) is 2.25. The van der Waals surface area contributed by atoms with Gasteiger partial charge >= 0.3 is 0 Å². The third-order valence-corrected chi connectivity index (χ3v) is 8.05. The van der Waals surface area contributed by atoms with E-state index in [1.54, 1.807) is 15.9 Å². The number of halogens is 1. The molecular formula is C26H25ClN3OS2+. The molecule has 1 aliphatic heterocycles. The molecule has 0 saturated carbocycles. The standard InChI is InChI=1S/C26H24ClN3OS2/c1-18(27)13-15-32-26-28-24-23(25(31)30(26)20-10-6-3-7-11-20)21-12-14-29(17-22(21)33-24)16-19-8-4-2-5-9-19/h2-11,13H,12,14-17H2,1H3/p+1/b18-13-. The Labute approximate surface area is 206 Å². The largest absolute Gasteiger partial charge is 0.326 e. The normalized spacial score (nSPS) is 16.2. The van der Waals surface area contributed by atoms with Crippen molar-refractivity contribution in [3.8, 4) is 5.69 Å². The van der Waals surface area contributed by atoms with Gasteiger partial charge in [0.2, 0.25) is 0 Å². The lowest BCUT2D eigenvalue weighted by Crippen LogP contribution is -3.10. The van der Waals surface area contributed by atoms with Crippen molar-refractivity contribution in [3.05, 3.63) is 98.1 Å². The minimum Gasteiger partial charge on any atom is -0.326 e. The van der Waals surface area contributed by atoms with Gasteiger partial charge in [-0.15, -0.1) is 11.3 Å². The van der Waals surface area contributed by atoms with Crippen LogP contribution in [-0.4, -0.2) is 21.8 Å². The molecular weight excluding hydrogens is 470 g/mol.